The highest BCUT2D eigenvalue weighted by molar-refractivity contribution is 5.89. The van der Waals surface area contributed by atoms with Gasteiger partial charge in [0, 0.05) is 18.5 Å². The SMILES string of the molecule is CC(C)(C)OC(=O)N1CC2CC2(COC(=O)c2ccccc2)C1. The highest BCUT2D eigenvalue weighted by atomic mass is 16.6. The number of piperidine rings is 1. The van der Waals surface area contributed by atoms with E-state index in [2.05, 4.69) is 0 Å². The van der Waals surface area contributed by atoms with Crippen molar-refractivity contribution in [3.63, 3.8) is 0 Å². The molecule has 1 heterocycles. The highest BCUT2D eigenvalue weighted by Gasteiger charge is 2.62. The third-order valence-corrected chi connectivity index (χ3v) is 4.46. The van der Waals surface area contributed by atoms with Crippen molar-refractivity contribution in [3.8, 4) is 0 Å². The molecule has 1 aromatic carbocycles. The third-order valence-electron chi connectivity index (χ3n) is 4.46. The topological polar surface area (TPSA) is 55.8 Å². The van der Waals surface area contributed by atoms with E-state index in [4.69, 9.17) is 9.47 Å². The van der Waals surface area contributed by atoms with Crippen molar-refractivity contribution in [2.45, 2.75) is 32.8 Å². The molecule has 2 fully saturated rings. The van der Waals surface area contributed by atoms with Gasteiger partial charge in [0.1, 0.15) is 5.60 Å². The van der Waals surface area contributed by atoms with Gasteiger partial charge >= 0.3 is 12.1 Å². The van der Waals surface area contributed by atoms with E-state index in [1.807, 2.05) is 39.0 Å². The number of hydrogen-bond acceptors (Lipinski definition) is 4. The van der Waals surface area contributed by atoms with Crippen molar-refractivity contribution in [1.29, 1.82) is 0 Å². The summed E-state index contributed by atoms with van der Waals surface area (Å²) >= 11 is 0. The number of carbonyl (C=O) groups is 2. The van der Waals surface area contributed by atoms with Crippen LogP contribution in [-0.2, 0) is 9.47 Å². The molecular weight excluding hydrogens is 294 g/mol. The van der Waals surface area contributed by atoms with Crippen molar-refractivity contribution >= 4 is 12.1 Å². The van der Waals surface area contributed by atoms with Crippen LogP contribution in [0.5, 0.6) is 0 Å². The van der Waals surface area contributed by atoms with Crippen LogP contribution in [0.2, 0.25) is 0 Å². The molecule has 0 N–H and O–H groups in total. The largest absolute Gasteiger partial charge is 0.461 e. The molecule has 1 saturated heterocycles. The molecule has 1 aliphatic carbocycles. The van der Waals surface area contributed by atoms with Crippen molar-refractivity contribution < 1.29 is 19.1 Å². The minimum Gasteiger partial charge on any atom is -0.461 e. The van der Waals surface area contributed by atoms with Crippen LogP contribution >= 0.6 is 0 Å². The lowest BCUT2D eigenvalue weighted by Gasteiger charge is -2.26. The summed E-state index contributed by atoms with van der Waals surface area (Å²) in [6.45, 7) is 7.24. The predicted molar refractivity (Wildman–Crippen MR) is 85.1 cm³/mol. The fourth-order valence-corrected chi connectivity index (χ4v) is 3.15. The second-order valence-electron chi connectivity index (χ2n) is 7.57. The van der Waals surface area contributed by atoms with Gasteiger partial charge in [0.05, 0.1) is 12.2 Å². The first-order chi connectivity index (χ1) is 10.8. The van der Waals surface area contributed by atoms with Gasteiger partial charge < -0.3 is 14.4 Å². The van der Waals surface area contributed by atoms with Gasteiger partial charge in [0.2, 0.25) is 0 Å². The molecule has 0 bridgehead atoms. The van der Waals surface area contributed by atoms with E-state index < -0.39 is 5.60 Å². The van der Waals surface area contributed by atoms with Crippen LogP contribution in [0.4, 0.5) is 4.79 Å². The van der Waals surface area contributed by atoms with Crippen LogP contribution in [0.1, 0.15) is 37.6 Å². The molecule has 2 atom stereocenters. The number of carbonyl (C=O) groups excluding carboxylic acids is 2. The quantitative estimate of drug-likeness (QED) is 0.804. The van der Waals surface area contributed by atoms with E-state index in [1.165, 1.54) is 0 Å². The van der Waals surface area contributed by atoms with Crippen LogP contribution in [0.15, 0.2) is 30.3 Å². The Morgan fingerprint density at radius 2 is 1.96 bits per heavy atom. The molecule has 0 spiro atoms. The third kappa shape index (κ3) is 3.49. The van der Waals surface area contributed by atoms with Gasteiger partial charge in [-0.25, -0.2) is 9.59 Å². The summed E-state index contributed by atoms with van der Waals surface area (Å²) in [5.74, 6) is 0.111. The number of likely N-dealkylation sites (tertiary alicyclic amines) is 1. The number of rotatable bonds is 3. The van der Waals surface area contributed by atoms with Gasteiger partial charge in [0.25, 0.3) is 0 Å². The van der Waals surface area contributed by atoms with Crippen molar-refractivity contribution in [2.75, 3.05) is 19.7 Å². The number of esters is 1. The smallest absolute Gasteiger partial charge is 0.410 e. The molecule has 0 radical (unpaired) electrons. The Morgan fingerprint density at radius 3 is 2.61 bits per heavy atom. The van der Waals surface area contributed by atoms with Crippen LogP contribution < -0.4 is 0 Å². The average molecular weight is 317 g/mol. The average Bonchev–Trinajstić information content (AvgIpc) is 3.05. The molecule has 1 aliphatic heterocycles. The maximum Gasteiger partial charge on any atom is 0.410 e. The molecule has 1 amide bonds. The van der Waals surface area contributed by atoms with Crippen LogP contribution in [-0.4, -0.2) is 42.3 Å². The Bertz CT molecular complexity index is 607. The van der Waals surface area contributed by atoms with Gasteiger partial charge in [-0.3, -0.25) is 0 Å². The molecule has 2 unspecified atom stereocenters. The fraction of sp³-hybridized carbons (Fsp3) is 0.556. The first-order valence-electron chi connectivity index (χ1n) is 7.99. The summed E-state index contributed by atoms with van der Waals surface area (Å²) in [5.41, 5.74) is 0.00103. The summed E-state index contributed by atoms with van der Waals surface area (Å²) < 4.78 is 10.9. The van der Waals surface area contributed by atoms with Gasteiger partial charge in [-0.15, -0.1) is 0 Å². The molecule has 5 heteroatoms. The second-order valence-corrected chi connectivity index (χ2v) is 7.57. The van der Waals surface area contributed by atoms with Crippen molar-refractivity contribution in [2.24, 2.45) is 11.3 Å². The number of benzene rings is 1. The summed E-state index contributed by atoms with van der Waals surface area (Å²) in [6.07, 6.45) is 0.729. The van der Waals surface area contributed by atoms with Crippen LogP contribution in [0, 0.1) is 11.3 Å². The summed E-state index contributed by atoms with van der Waals surface area (Å²) in [6, 6.07) is 8.98. The van der Waals surface area contributed by atoms with Gasteiger partial charge in [0.15, 0.2) is 0 Å². The van der Waals surface area contributed by atoms with Crippen LogP contribution in [0.25, 0.3) is 0 Å². The lowest BCUT2D eigenvalue weighted by atomic mass is 10.1. The van der Waals surface area contributed by atoms with E-state index in [1.54, 1.807) is 17.0 Å². The molecule has 0 aromatic heterocycles. The summed E-state index contributed by atoms with van der Waals surface area (Å²) in [4.78, 5) is 25.9. The number of ether oxygens (including phenoxy) is 2. The fourth-order valence-electron chi connectivity index (χ4n) is 3.15. The number of hydrogen-bond donors (Lipinski definition) is 0. The van der Waals surface area contributed by atoms with Gasteiger partial charge in [-0.05, 0) is 45.2 Å². The molecule has 124 valence electrons. The monoisotopic (exact) mass is 317 g/mol. The first kappa shape index (κ1) is 15.8. The maximum absolute atomic E-state index is 12.1. The van der Waals surface area contributed by atoms with E-state index in [0.717, 1.165) is 6.42 Å². The zero-order valence-electron chi connectivity index (χ0n) is 13.9. The summed E-state index contributed by atoms with van der Waals surface area (Å²) in [7, 11) is 0. The predicted octanol–water partition coefficient (Wildman–Crippen LogP) is 3.10. The zero-order valence-corrected chi connectivity index (χ0v) is 13.9. The number of fused-ring (bicyclic) bond motifs is 1. The highest BCUT2D eigenvalue weighted by Crippen LogP contribution is 2.58. The van der Waals surface area contributed by atoms with Crippen molar-refractivity contribution in [3.05, 3.63) is 35.9 Å². The normalized spacial score (nSPS) is 25.7. The Labute approximate surface area is 136 Å². The first-order valence-corrected chi connectivity index (χ1v) is 7.99. The van der Waals surface area contributed by atoms with Gasteiger partial charge in [-0.1, -0.05) is 18.2 Å². The Balaban J connectivity index is 1.53. The minimum absolute atomic E-state index is 0.0681. The summed E-state index contributed by atoms with van der Waals surface area (Å²) in [5, 5.41) is 0. The Morgan fingerprint density at radius 1 is 1.26 bits per heavy atom. The lowest BCUT2D eigenvalue weighted by molar-refractivity contribution is 0.0229. The molecule has 1 aromatic rings. The van der Waals surface area contributed by atoms with E-state index in [0.29, 0.717) is 31.2 Å². The molecule has 23 heavy (non-hydrogen) atoms. The number of nitrogens with zero attached hydrogens (tertiary/aromatic N) is 1. The maximum atomic E-state index is 12.1. The Kier molecular flexibility index (Phi) is 3.82. The molecule has 5 nitrogen and oxygen atoms in total. The van der Waals surface area contributed by atoms with E-state index >= 15 is 0 Å². The van der Waals surface area contributed by atoms with Gasteiger partial charge in [-0.2, -0.15) is 0 Å². The van der Waals surface area contributed by atoms with Crippen LogP contribution in [0.3, 0.4) is 0 Å². The molecule has 1 saturated carbocycles. The Hall–Kier alpha value is -2.04. The van der Waals surface area contributed by atoms with E-state index in [9.17, 15) is 9.59 Å². The molecular formula is C18H23NO4. The lowest BCUT2D eigenvalue weighted by Crippen LogP contribution is -2.37. The zero-order chi connectivity index (χ0) is 16.7. The second kappa shape index (κ2) is 5.55. The minimum atomic E-state index is -0.489. The molecule has 3 rings (SSSR count). The van der Waals surface area contributed by atoms with E-state index in [-0.39, 0.29) is 17.5 Å². The van der Waals surface area contributed by atoms with Crippen molar-refractivity contribution in [1.82, 2.24) is 4.90 Å². The number of amides is 1. The standard InChI is InChI=1S/C18H23NO4/c1-17(2,3)23-16(21)19-10-14-9-18(14,11-19)12-22-15(20)13-7-5-4-6-8-13/h4-8,14H,9-12H2,1-3H3. The molecule has 2 aliphatic rings.